The van der Waals surface area contributed by atoms with Gasteiger partial charge in [-0.15, -0.1) is 0 Å². The predicted molar refractivity (Wildman–Crippen MR) is 95.9 cm³/mol. The Balaban J connectivity index is 1.61. The fraction of sp³-hybridized carbons (Fsp3) is 0.474. The normalized spacial score (nSPS) is 17.3. The molecule has 1 saturated heterocycles. The van der Waals surface area contributed by atoms with E-state index in [1.807, 2.05) is 59.4 Å². The predicted octanol–water partition coefficient (Wildman–Crippen LogP) is 1.84. The molecule has 0 spiro atoms. The van der Waals surface area contributed by atoms with E-state index < -0.39 is 6.10 Å². The van der Waals surface area contributed by atoms with E-state index in [-0.39, 0.29) is 5.91 Å². The molecule has 25 heavy (non-hydrogen) atoms. The molecule has 0 unspecified atom stereocenters. The minimum Gasteiger partial charge on any atom is -0.367 e. The van der Waals surface area contributed by atoms with E-state index in [1.165, 1.54) is 5.56 Å². The van der Waals surface area contributed by atoms with Gasteiger partial charge >= 0.3 is 0 Å². The second-order valence-electron chi connectivity index (χ2n) is 6.50. The smallest absolute Gasteiger partial charge is 0.256 e. The fourth-order valence-corrected chi connectivity index (χ4v) is 3.33. The molecule has 0 bridgehead atoms. The van der Waals surface area contributed by atoms with E-state index in [4.69, 9.17) is 4.74 Å². The first-order valence-corrected chi connectivity index (χ1v) is 8.74. The Hall–Kier alpha value is -2.18. The number of carbonyl (C=O) groups excluding carboxylic acids is 1. The summed E-state index contributed by atoms with van der Waals surface area (Å²) >= 11 is 0. The summed E-state index contributed by atoms with van der Waals surface area (Å²) in [6.45, 7) is 4.23. The Morgan fingerprint density at radius 3 is 2.68 bits per heavy atom. The summed E-state index contributed by atoms with van der Waals surface area (Å²) in [7, 11) is 3.53. The Labute approximate surface area is 149 Å². The molecule has 3 rings (SSSR count). The van der Waals surface area contributed by atoms with Crippen LogP contribution in [0.3, 0.4) is 0 Å². The van der Waals surface area contributed by atoms with E-state index in [1.54, 1.807) is 7.11 Å². The van der Waals surface area contributed by atoms with Crippen LogP contribution in [0, 0.1) is 0 Å². The first-order chi connectivity index (χ1) is 12.2. The van der Waals surface area contributed by atoms with E-state index in [2.05, 4.69) is 10.00 Å². The van der Waals surface area contributed by atoms with Crippen LogP contribution in [0.1, 0.15) is 23.7 Å². The lowest BCUT2D eigenvalue weighted by Crippen LogP contribution is -2.38. The summed E-state index contributed by atoms with van der Waals surface area (Å²) < 4.78 is 7.33. The summed E-state index contributed by atoms with van der Waals surface area (Å²) in [5, 5.41) is 4.23. The standard InChI is InChI=1S/C19H26N4O2/c1-21-14-16(13-20-21)15-22-9-6-10-23(12-11-22)19(24)18(25-2)17-7-4-3-5-8-17/h3-5,7-8,13-14,18H,6,9-12,15H2,1-2H3/t18-/m1/s1. The number of aromatic nitrogens is 2. The lowest BCUT2D eigenvalue weighted by Gasteiger charge is -2.26. The quantitative estimate of drug-likeness (QED) is 0.832. The topological polar surface area (TPSA) is 50.6 Å². The van der Waals surface area contributed by atoms with Gasteiger partial charge in [-0.05, 0) is 12.0 Å². The van der Waals surface area contributed by atoms with Crippen molar-refractivity contribution < 1.29 is 9.53 Å². The maximum absolute atomic E-state index is 12.9. The highest BCUT2D eigenvalue weighted by molar-refractivity contribution is 5.82. The molecule has 1 aromatic heterocycles. The van der Waals surface area contributed by atoms with Gasteiger partial charge in [-0.3, -0.25) is 14.4 Å². The number of methoxy groups -OCH3 is 1. The molecule has 1 aromatic carbocycles. The molecule has 1 aliphatic heterocycles. The molecule has 2 aromatic rings. The molecule has 0 radical (unpaired) electrons. The van der Waals surface area contributed by atoms with Crippen LogP contribution in [0.15, 0.2) is 42.7 Å². The molecule has 134 valence electrons. The largest absolute Gasteiger partial charge is 0.367 e. The lowest BCUT2D eigenvalue weighted by atomic mass is 10.1. The zero-order valence-electron chi connectivity index (χ0n) is 15.0. The number of benzene rings is 1. The van der Waals surface area contributed by atoms with Crippen molar-refractivity contribution >= 4 is 5.91 Å². The summed E-state index contributed by atoms with van der Waals surface area (Å²) in [6, 6.07) is 9.71. The van der Waals surface area contributed by atoms with E-state index in [0.29, 0.717) is 0 Å². The maximum Gasteiger partial charge on any atom is 0.256 e. The molecule has 0 N–H and O–H groups in total. The second kappa shape index (κ2) is 8.27. The average molecular weight is 342 g/mol. The number of aryl methyl sites for hydroxylation is 1. The Bertz CT molecular complexity index is 686. The van der Waals surface area contributed by atoms with Crippen LogP contribution in [-0.4, -0.2) is 58.8 Å². The summed E-state index contributed by atoms with van der Waals surface area (Å²) in [6.07, 6.45) is 4.40. The van der Waals surface area contributed by atoms with Gasteiger partial charge in [0.25, 0.3) is 5.91 Å². The molecule has 6 nitrogen and oxygen atoms in total. The van der Waals surface area contributed by atoms with Gasteiger partial charge in [0.15, 0.2) is 6.10 Å². The lowest BCUT2D eigenvalue weighted by molar-refractivity contribution is -0.142. The third kappa shape index (κ3) is 4.46. The van der Waals surface area contributed by atoms with Crippen LogP contribution in [0.4, 0.5) is 0 Å². The van der Waals surface area contributed by atoms with Gasteiger partial charge in [-0.1, -0.05) is 30.3 Å². The number of amides is 1. The number of rotatable bonds is 5. The van der Waals surface area contributed by atoms with Gasteiger partial charge in [0.1, 0.15) is 0 Å². The highest BCUT2D eigenvalue weighted by atomic mass is 16.5. The molecule has 0 aliphatic carbocycles. The monoisotopic (exact) mass is 342 g/mol. The highest BCUT2D eigenvalue weighted by Crippen LogP contribution is 2.20. The van der Waals surface area contributed by atoms with Gasteiger partial charge < -0.3 is 9.64 Å². The van der Waals surface area contributed by atoms with Crippen molar-refractivity contribution in [3.63, 3.8) is 0 Å². The summed E-state index contributed by atoms with van der Waals surface area (Å²) in [5.74, 6) is 0.0527. The third-order valence-corrected chi connectivity index (χ3v) is 4.63. The first kappa shape index (κ1) is 17.6. The molecule has 6 heteroatoms. The van der Waals surface area contributed by atoms with E-state index >= 15 is 0 Å². The third-order valence-electron chi connectivity index (χ3n) is 4.63. The summed E-state index contributed by atoms with van der Waals surface area (Å²) in [4.78, 5) is 17.2. The van der Waals surface area contributed by atoms with Crippen molar-refractivity contribution in [2.24, 2.45) is 7.05 Å². The van der Waals surface area contributed by atoms with Gasteiger partial charge in [-0.25, -0.2) is 0 Å². The van der Waals surface area contributed by atoms with Crippen molar-refractivity contribution in [2.75, 3.05) is 33.3 Å². The van der Waals surface area contributed by atoms with E-state index in [0.717, 1.165) is 44.7 Å². The first-order valence-electron chi connectivity index (χ1n) is 8.74. The van der Waals surface area contributed by atoms with Crippen LogP contribution in [0.25, 0.3) is 0 Å². The molecule has 1 fully saturated rings. The van der Waals surface area contributed by atoms with Crippen molar-refractivity contribution in [1.29, 1.82) is 0 Å². The average Bonchev–Trinajstić information content (AvgIpc) is 2.89. The molecular weight excluding hydrogens is 316 g/mol. The maximum atomic E-state index is 12.9. The number of hydrogen-bond acceptors (Lipinski definition) is 4. The molecule has 1 atom stereocenters. The van der Waals surface area contributed by atoms with Crippen LogP contribution in [0.2, 0.25) is 0 Å². The van der Waals surface area contributed by atoms with Crippen molar-refractivity contribution in [3.05, 3.63) is 53.9 Å². The number of nitrogens with zero attached hydrogens (tertiary/aromatic N) is 4. The van der Waals surface area contributed by atoms with Gasteiger partial charge in [0.05, 0.1) is 6.20 Å². The molecular formula is C19H26N4O2. The highest BCUT2D eigenvalue weighted by Gasteiger charge is 2.27. The number of ether oxygens (including phenoxy) is 1. The van der Waals surface area contributed by atoms with Crippen LogP contribution in [0.5, 0.6) is 0 Å². The van der Waals surface area contributed by atoms with Crippen LogP contribution < -0.4 is 0 Å². The molecule has 1 amide bonds. The second-order valence-corrected chi connectivity index (χ2v) is 6.50. The van der Waals surface area contributed by atoms with Crippen LogP contribution in [-0.2, 0) is 23.1 Å². The van der Waals surface area contributed by atoms with Crippen LogP contribution >= 0.6 is 0 Å². The fourth-order valence-electron chi connectivity index (χ4n) is 3.33. The molecule has 2 heterocycles. The summed E-state index contributed by atoms with van der Waals surface area (Å²) in [5.41, 5.74) is 2.12. The van der Waals surface area contributed by atoms with Gasteiger partial charge in [0, 0.05) is 58.6 Å². The van der Waals surface area contributed by atoms with Crippen molar-refractivity contribution in [3.8, 4) is 0 Å². The van der Waals surface area contributed by atoms with E-state index in [9.17, 15) is 4.79 Å². The Kier molecular flexibility index (Phi) is 5.83. The minimum atomic E-state index is -0.522. The zero-order chi connectivity index (χ0) is 17.6. The van der Waals surface area contributed by atoms with Gasteiger partial charge in [0.2, 0.25) is 0 Å². The number of hydrogen-bond donors (Lipinski definition) is 0. The van der Waals surface area contributed by atoms with Crippen molar-refractivity contribution in [2.45, 2.75) is 19.1 Å². The van der Waals surface area contributed by atoms with Crippen molar-refractivity contribution in [1.82, 2.24) is 19.6 Å². The SMILES string of the molecule is CO[C@@H](C(=O)N1CCCN(Cc2cnn(C)c2)CC1)c1ccccc1. The Morgan fingerprint density at radius 2 is 2.00 bits per heavy atom. The zero-order valence-corrected chi connectivity index (χ0v) is 15.0. The minimum absolute atomic E-state index is 0.0527. The molecule has 1 aliphatic rings. The Morgan fingerprint density at radius 1 is 1.20 bits per heavy atom. The molecule has 0 saturated carbocycles. The number of carbonyl (C=O) groups is 1. The van der Waals surface area contributed by atoms with Gasteiger partial charge in [-0.2, -0.15) is 5.10 Å².